The van der Waals surface area contributed by atoms with Crippen LogP contribution >= 0.6 is 11.6 Å². The van der Waals surface area contributed by atoms with Crippen LogP contribution < -0.4 is 10.4 Å². The third kappa shape index (κ3) is 6.69. The molecular weight excluding hydrogens is 644 g/mol. The Labute approximate surface area is 303 Å². The van der Waals surface area contributed by atoms with Gasteiger partial charge < -0.3 is 13.9 Å². The average Bonchev–Trinajstić information content (AvgIpc) is 3.45. The molecule has 0 spiro atoms. The predicted molar refractivity (Wildman–Crippen MR) is 201 cm³/mol. The van der Waals surface area contributed by atoms with Crippen molar-refractivity contribution in [3.8, 4) is 16.9 Å². The highest BCUT2D eigenvalue weighted by molar-refractivity contribution is 6.33. The van der Waals surface area contributed by atoms with E-state index < -0.39 is 11.6 Å². The molecule has 4 aliphatic carbocycles. The Hall–Kier alpha value is -3.05. The highest BCUT2D eigenvalue weighted by Crippen LogP contribution is 2.67. The molecule has 1 aromatic heterocycles. The van der Waals surface area contributed by atoms with E-state index in [-0.39, 0.29) is 23.9 Å². The van der Waals surface area contributed by atoms with Crippen LogP contribution in [-0.2, 0) is 9.53 Å². The van der Waals surface area contributed by atoms with E-state index >= 15 is 0 Å². The molecule has 1 heterocycles. The Morgan fingerprint density at radius 1 is 0.980 bits per heavy atom. The van der Waals surface area contributed by atoms with E-state index in [0.29, 0.717) is 21.4 Å². The predicted octanol–water partition coefficient (Wildman–Crippen LogP) is 11.4. The number of halogens is 1. The minimum atomic E-state index is -0.464. The molecule has 6 heteroatoms. The quantitative estimate of drug-likeness (QED) is 0.120. The van der Waals surface area contributed by atoms with Gasteiger partial charge in [0.25, 0.3) is 0 Å². The monoisotopic (exact) mass is 698 g/mol. The Kier molecular flexibility index (Phi) is 10.0. The molecule has 0 aliphatic heterocycles. The van der Waals surface area contributed by atoms with Gasteiger partial charge in [-0.15, -0.1) is 0 Å². The van der Waals surface area contributed by atoms with Crippen molar-refractivity contribution in [2.45, 2.75) is 111 Å². The number of fused-ring (bicyclic) bond motifs is 6. The van der Waals surface area contributed by atoms with Crippen LogP contribution in [0.5, 0.6) is 5.75 Å². The second-order valence-electron chi connectivity index (χ2n) is 17.1. The van der Waals surface area contributed by atoms with Gasteiger partial charge >= 0.3 is 11.6 Å². The van der Waals surface area contributed by atoms with Crippen LogP contribution in [0.3, 0.4) is 0 Å². The Morgan fingerprint density at radius 2 is 1.78 bits per heavy atom. The van der Waals surface area contributed by atoms with Crippen molar-refractivity contribution in [2.24, 2.45) is 46.3 Å². The van der Waals surface area contributed by atoms with Crippen molar-refractivity contribution in [3.05, 3.63) is 75.6 Å². The number of allylic oxidation sites excluding steroid dienone is 1. The van der Waals surface area contributed by atoms with Gasteiger partial charge in [-0.2, -0.15) is 0 Å². The molecule has 7 rings (SSSR count). The lowest BCUT2D eigenvalue weighted by molar-refractivity contribution is -0.153. The SMILES string of the molecule is CC(C)CCC[C@@H](C)[C@H]1CC[C@@H]2[C@H]3CC=C4C[C@@H](OC(=O)COc5cc6oc(=O)cc(-c7ccccc7)c6cc5Cl)CC[C@]4(C)[C@H]3CC[C@@]21C. The summed E-state index contributed by atoms with van der Waals surface area (Å²) in [6, 6.07) is 14.4. The lowest BCUT2D eigenvalue weighted by Gasteiger charge is -2.58. The van der Waals surface area contributed by atoms with Gasteiger partial charge in [-0.05, 0) is 108 Å². The molecule has 50 heavy (non-hydrogen) atoms. The van der Waals surface area contributed by atoms with E-state index in [0.717, 1.165) is 65.9 Å². The molecule has 2 aromatic carbocycles. The minimum Gasteiger partial charge on any atom is -0.480 e. The van der Waals surface area contributed by atoms with Crippen LogP contribution in [0.25, 0.3) is 22.1 Å². The first kappa shape index (κ1) is 35.4. The number of ether oxygens (including phenoxy) is 2. The molecular formula is C44H55ClO5. The second-order valence-corrected chi connectivity index (χ2v) is 17.5. The number of esters is 1. The fourth-order valence-corrected chi connectivity index (χ4v) is 11.5. The summed E-state index contributed by atoms with van der Waals surface area (Å²) in [6.45, 7) is 12.2. The summed E-state index contributed by atoms with van der Waals surface area (Å²) in [5.41, 5.74) is 3.69. The van der Waals surface area contributed by atoms with Crippen molar-refractivity contribution in [1.82, 2.24) is 0 Å². The van der Waals surface area contributed by atoms with E-state index in [9.17, 15) is 9.59 Å². The summed E-state index contributed by atoms with van der Waals surface area (Å²) in [7, 11) is 0. The smallest absolute Gasteiger partial charge is 0.344 e. The van der Waals surface area contributed by atoms with Crippen LogP contribution in [0.2, 0.25) is 5.02 Å². The zero-order chi connectivity index (χ0) is 35.2. The van der Waals surface area contributed by atoms with Crippen molar-refractivity contribution < 1.29 is 18.7 Å². The lowest BCUT2D eigenvalue weighted by Crippen LogP contribution is -2.51. The van der Waals surface area contributed by atoms with Crippen LogP contribution in [0, 0.1) is 46.3 Å². The summed E-state index contributed by atoms with van der Waals surface area (Å²) in [4.78, 5) is 25.5. The highest BCUT2D eigenvalue weighted by Gasteiger charge is 2.59. The Morgan fingerprint density at radius 3 is 2.56 bits per heavy atom. The maximum absolute atomic E-state index is 13.1. The van der Waals surface area contributed by atoms with Gasteiger partial charge in [0.1, 0.15) is 17.4 Å². The molecule has 0 amide bonds. The highest BCUT2D eigenvalue weighted by atomic mass is 35.5. The third-order valence-electron chi connectivity index (χ3n) is 13.8. The third-order valence-corrected chi connectivity index (χ3v) is 14.1. The first-order valence-electron chi connectivity index (χ1n) is 19.3. The number of hydrogen-bond acceptors (Lipinski definition) is 5. The standard InChI is InChI=1S/C44H55ClO5/c1-27(2)10-9-11-28(3)35-16-17-36-32-15-14-30-22-31(18-20-43(30,4)37(32)19-21-44(35,36)5)49-42(47)26-48-40-25-39-34(23-38(40)45)33(24-41(46)50-39)29-12-7-6-8-13-29/h6-8,12-14,23-25,27-28,31-32,35-37H,9-11,15-22,26H2,1-5H3/t28-,31+,32-,35-,36-,37+,43+,44-/m1/s1. The first-order chi connectivity index (χ1) is 24.0. The number of carbonyl (C=O) groups excluding carboxylic acids is 1. The molecule has 268 valence electrons. The molecule has 0 radical (unpaired) electrons. The van der Waals surface area contributed by atoms with Gasteiger partial charge in [0.05, 0.1) is 5.02 Å². The van der Waals surface area contributed by atoms with Crippen molar-refractivity contribution in [2.75, 3.05) is 6.61 Å². The topological polar surface area (TPSA) is 65.7 Å². The van der Waals surface area contributed by atoms with Crippen LogP contribution in [-0.4, -0.2) is 18.7 Å². The van der Waals surface area contributed by atoms with Gasteiger partial charge in [0.2, 0.25) is 0 Å². The van der Waals surface area contributed by atoms with E-state index in [2.05, 4.69) is 40.7 Å². The summed E-state index contributed by atoms with van der Waals surface area (Å²) < 4.78 is 17.4. The Bertz CT molecular complexity index is 1790. The van der Waals surface area contributed by atoms with Gasteiger partial charge in [0, 0.05) is 23.9 Å². The summed E-state index contributed by atoms with van der Waals surface area (Å²) >= 11 is 6.62. The molecule has 0 saturated heterocycles. The van der Waals surface area contributed by atoms with Crippen molar-refractivity contribution >= 4 is 28.5 Å². The number of carbonyl (C=O) groups is 1. The summed E-state index contributed by atoms with van der Waals surface area (Å²) in [5.74, 6) is 4.71. The molecule has 0 bridgehead atoms. The van der Waals surface area contributed by atoms with Crippen LogP contribution in [0.15, 0.2) is 69.4 Å². The van der Waals surface area contributed by atoms with E-state index in [4.69, 9.17) is 25.5 Å². The maximum Gasteiger partial charge on any atom is 0.344 e. The van der Waals surface area contributed by atoms with Gasteiger partial charge in [-0.25, -0.2) is 9.59 Å². The summed E-state index contributed by atoms with van der Waals surface area (Å²) in [5, 5.41) is 1.04. The number of rotatable bonds is 10. The van der Waals surface area contributed by atoms with Gasteiger partial charge in [0.15, 0.2) is 6.61 Å². The van der Waals surface area contributed by atoms with Crippen LogP contribution in [0.1, 0.15) is 105 Å². The molecule has 5 nitrogen and oxygen atoms in total. The molecule has 3 saturated carbocycles. The van der Waals surface area contributed by atoms with Crippen molar-refractivity contribution in [1.29, 1.82) is 0 Å². The zero-order valence-electron chi connectivity index (χ0n) is 30.6. The molecule has 3 aromatic rings. The van der Waals surface area contributed by atoms with Gasteiger partial charge in [-0.1, -0.05) is 107 Å². The molecule has 4 aliphatic rings. The lowest BCUT2D eigenvalue weighted by atomic mass is 9.47. The largest absolute Gasteiger partial charge is 0.480 e. The molecule has 3 fully saturated rings. The summed E-state index contributed by atoms with van der Waals surface area (Å²) in [6.07, 6.45) is 16.0. The van der Waals surface area contributed by atoms with E-state index in [1.807, 2.05) is 30.3 Å². The molecule has 0 unspecified atom stereocenters. The maximum atomic E-state index is 13.1. The Balaban J connectivity index is 0.973. The fourth-order valence-electron chi connectivity index (χ4n) is 11.2. The zero-order valence-corrected chi connectivity index (χ0v) is 31.4. The number of benzene rings is 2. The number of hydrogen-bond donors (Lipinski definition) is 0. The fraction of sp³-hybridized carbons (Fsp3) is 0.591. The van der Waals surface area contributed by atoms with Gasteiger partial charge in [-0.3, -0.25) is 0 Å². The molecule has 8 atom stereocenters. The molecule has 0 N–H and O–H groups in total. The van der Waals surface area contributed by atoms with Crippen molar-refractivity contribution in [3.63, 3.8) is 0 Å². The first-order valence-corrected chi connectivity index (χ1v) is 19.7. The van der Waals surface area contributed by atoms with E-state index in [1.54, 1.807) is 12.1 Å². The van der Waals surface area contributed by atoms with Crippen LogP contribution in [0.4, 0.5) is 0 Å². The second kappa shape index (κ2) is 14.2. The minimum absolute atomic E-state index is 0.142. The van der Waals surface area contributed by atoms with E-state index in [1.165, 1.54) is 63.0 Å². The normalized spacial score (nSPS) is 31.0. The average molecular weight is 699 g/mol.